The van der Waals surface area contributed by atoms with Gasteiger partial charge in [0.15, 0.2) is 11.5 Å². The van der Waals surface area contributed by atoms with Crippen molar-refractivity contribution in [1.29, 1.82) is 5.26 Å². The lowest BCUT2D eigenvalue weighted by atomic mass is 9.93. The molecule has 15 heteroatoms. The summed E-state index contributed by atoms with van der Waals surface area (Å²) in [5.41, 5.74) is 2.53. The summed E-state index contributed by atoms with van der Waals surface area (Å²) >= 11 is 6.15. The van der Waals surface area contributed by atoms with Crippen molar-refractivity contribution < 1.29 is 19.1 Å². The van der Waals surface area contributed by atoms with Gasteiger partial charge in [0.2, 0.25) is 5.91 Å². The Balaban J connectivity index is 0.778. The van der Waals surface area contributed by atoms with E-state index in [4.69, 9.17) is 26.7 Å². The van der Waals surface area contributed by atoms with Crippen LogP contribution in [0.15, 0.2) is 54.7 Å². The smallest absolute Gasteiger partial charge is 0.328 e. The van der Waals surface area contributed by atoms with Gasteiger partial charge >= 0.3 is 6.03 Å². The first-order valence-corrected chi connectivity index (χ1v) is 19.2. The van der Waals surface area contributed by atoms with Crippen molar-refractivity contribution in [1.82, 2.24) is 35.5 Å². The van der Waals surface area contributed by atoms with E-state index in [1.54, 1.807) is 29.2 Å². The maximum atomic E-state index is 13.0. The standard InChI is InChI=1S/C39H43ClN10O4/c40-32-20-30(7-4-26(32)21-41)54-29-8-5-27(6-9-29)43-38(52)33-10-11-36(46-45-33)48-18-12-25(24-48)23-47-16-13-28(14-17-47)50-35-3-1-2-34(31(35)22-42-50)49-19-15-37(51)44-39(49)53/h1-4,7,10-11,20,22,25,27-29H,5-6,8-9,12-19,23-24H2,(H,43,52)(H,44,51,53)/t25-,27?,29?/m0/s1. The highest BCUT2D eigenvalue weighted by atomic mass is 35.5. The number of nitrogens with one attached hydrogen (secondary N) is 2. The zero-order valence-electron chi connectivity index (χ0n) is 30.0. The Kier molecular flexibility index (Phi) is 10.3. The highest BCUT2D eigenvalue weighted by Crippen LogP contribution is 2.33. The van der Waals surface area contributed by atoms with E-state index in [2.05, 4.69) is 47.4 Å². The summed E-state index contributed by atoms with van der Waals surface area (Å²) in [4.78, 5) is 43.7. The molecule has 14 nitrogen and oxygen atoms in total. The minimum atomic E-state index is -0.386. The van der Waals surface area contributed by atoms with Crippen LogP contribution in [0.3, 0.4) is 0 Å². The number of anilines is 2. The van der Waals surface area contributed by atoms with Crippen LogP contribution in [0.5, 0.6) is 5.75 Å². The molecule has 5 heterocycles. The lowest BCUT2D eigenvalue weighted by molar-refractivity contribution is -0.120. The molecule has 1 saturated carbocycles. The number of hydrogen-bond donors (Lipinski definition) is 2. The number of halogens is 1. The van der Waals surface area contributed by atoms with Crippen LogP contribution in [0.25, 0.3) is 10.9 Å². The van der Waals surface area contributed by atoms with E-state index in [9.17, 15) is 14.4 Å². The minimum absolute atomic E-state index is 0.0302. The Morgan fingerprint density at radius 3 is 2.56 bits per heavy atom. The molecule has 3 saturated heterocycles. The van der Waals surface area contributed by atoms with Crippen molar-refractivity contribution in [3.8, 4) is 11.8 Å². The number of nitriles is 1. The number of amides is 4. The Morgan fingerprint density at radius 1 is 0.981 bits per heavy atom. The fourth-order valence-corrected chi connectivity index (χ4v) is 8.54. The van der Waals surface area contributed by atoms with E-state index in [1.807, 2.05) is 24.4 Å². The summed E-state index contributed by atoms with van der Waals surface area (Å²) in [7, 11) is 0. The number of fused-ring (bicyclic) bond motifs is 1. The molecule has 0 radical (unpaired) electrons. The molecule has 4 aliphatic rings. The van der Waals surface area contributed by atoms with Gasteiger partial charge in [-0.3, -0.25) is 24.5 Å². The monoisotopic (exact) mass is 750 g/mol. The molecule has 4 amide bonds. The summed E-state index contributed by atoms with van der Waals surface area (Å²) in [6.07, 6.45) is 8.42. The highest BCUT2D eigenvalue weighted by molar-refractivity contribution is 6.31. The van der Waals surface area contributed by atoms with Crippen LogP contribution >= 0.6 is 11.6 Å². The molecule has 4 aromatic rings. The average molecular weight is 751 g/mol. The van der Waals surface area contributed by atoms with Gasteiger partial charge in [0.05, 0.1) is 40.1 Å². The van der Waals surface area contributed by atoms with Crippen molar-refractivity contribution >= 4 is 51.9 Å². The van der Waals surface area contributed by atoms with Crippen LogP contribution in [0.2, 0.25) is 5.02 Å². The maximum Gasteiger partial charge on any atom is 0.328 e. The molecule has 1 aliphatic carbocycles. The molecule has 3 aliphatic heterocycles. The second-order valence-corrected chi connectivity index (χ2v) is 15.2. The Morgan fingerprint density at radius 2 is 1.81 bits per heavy atom. The number of rotatable bonds is 9. The molecular weight excluding hydrogens is 708 g/mol. The third-order valence-corrected chi connectivity index (χ3v) is 11.6. The zero-order valence-corrected chi connectivity index (χ0v) is 30.7. The van der Waals surface area contributed by atoms with Crippen LogP contribution in [0.4, 0.5) is 16.3 Å². The predicted molar refractivity (Wildman–Crippen MR) is 203 cm³/mol. The number of aromatic nitrogens is 4. The van der Waals surface area contributed by atoms with Crippen LogP contribution < -0.4 is 25.2 Å². The quantitative estimate of drug-likeness (QED) is 0.236. The second-order valence-electron chi connectivity index (χ2n) is 14.8. The summed E-state index contributed by atoms with van der Waals surface area (Å²) in [5, 5.41) is 29.4. The Labute approximate surface area is 318 Å². The van der Waals surface area contributed by atoms with Crippen molar-refractivity contribution in [3.05, 3.63) is 71.0 Å². The molecular formula is C39H43ClN10O4. The van der Waals surface area contributed by atoms with Crippen LogP contribution in [-0.2, 0) is 4.79 Å². The van der Waals surface area contributed by atoms with Gasteiger partial charge in [-0.1, -0.05) is 17.7 Å². The molecule has 2 aromatic heterocycles. The first-order valence-electron chi connectivity index (χ1n) is 18.9. The number of ether oxygens (including phenoxy) is 1. The number of urea groups is 1. The maximum absolute atomic E-state index is 13.0. The van der Waals surface area contributed by atoms with Gasteiger partial charge in [-0.05, 0) is 87.3 Å². The first kappa shape index (κ1) is 35.8. The molecule has 0 spiro atoms. The normalized spacial score (nSPS) is 22.6. The number of benzene rings is 2. The van der Waals surface area contributed by atoms with E-state index >= 15 is 0 Å². The van der Waals surface area contributed by atoms with Gasteiger partial charge in [-0.15, -0.1) is 10.2 Å². The molecule has 2 N–H and O–H groups in total. The summed E-state index contributed by atoms with van der Waals surface area (Å²) in [5.74, 6) is 1.51. The molecule has 1 atom stereocenters. The second kappa shape index (κ2) is 15.6. The molecule has 4 fully saturated rings. The zero-order chi connectivity index (χ0) is 37.2. The fourth-order valence-electron chi connectivity index (χ4n) is 8.33. The summed E-state index contributed by atoms with van der Waals surface area (Å²) < 4.78 is 8.20. The van der Waals surface area contributed by atoms with E-state index in [0.717, 1.165) is 100 Å². The highest BCUT2D eigenvalue weighted by Gasteiger charge is 2.31. The third kappa shape index (κ3) is 7.69. The number of imide groups is 1. The molecule has 54 heavy (non-hydrogen) atoms. The van der Waals surface area contributed by atoms with Crippen molar-refractivity contribution in [2.75, 3.05) is 49.1 Å². The van der Waals surface area contributed by atoms with E-state index in [0.29, 0.717) is 34.5 Å². The van der Waals surface area contributed by atoms with Crippen molar-refractivity contribution in [2.24, 2.45) is 5.92 Å². The van der Waals surface area contributed by atoms with E-state index < -0.39 is 0 Å². The molecule has 2 aromatic carbocycles. The molecule has 280 valence electrons. The first-order chi connectivity index (χ1) is 26.3. The Hall–Kier alpha value is -5.26. The van der Waals surface area contributed by atoms with Gasteiger partial charge in [-0.25, -0.2) is 4.79 Å². The topological polar surface area (TPSA) is 162 Å². The SMILES string of the molecule is N#Cc1ccc(OC2CCC(NC(=O)c3ccc(N4CC[C@@H](CN5CCC(n6ncc7c(N8CCC(=O)NC8=O)cccc76)CC5)C4)nn3)CC2)cc1Cl. The molecule has 8 rings (SSSR count). The number of hydrogen-bond acceptors (Lipinski definition) is 10. The van der Waals surface area contributed by atoms with Crippen LogP contribution in [0, 0.1) is 17.2 Å². The number of carbonyl (C=O) groups is 3. The van der Waals surface area contributed by atoms with Gasteiger partial charge in [0.1, 0.15) is 11.8 Å². The van der Waals surface area contributed by atoms with Gasteiger partial charge in [0, 0.05) is 63.2 Å². The minimum Gasteiger partial charge on any atom is -0.490 e. The van der Waals surface area contributed by atoms with Crippen molar-refractivity contribution in [3.63, 3.8) is 0 Å². The molecule has 0 unspecified atom stereocenters. The van der Waals surface area contributed by atoms with Crippen LogP contribution in [-0.4, -0.2) is 94.1 Å². The number of carbonyl (C=O) groups excluding carboxylic acids is 3. The fraction of sp³-hybridized carbons (Fsp3) is 0.462. The lowest BCUT2D eigenvalue weighted by Gasteiger charge is -2.34. The third-order valence-electron chi connectivity index (χ3n) is 11.2. The number of piperidine rings is 1. The van der Waals surface area contributed by atoms with Crippen molar-refractivity contribution in [2.45, 2.75) is 69.6 Å². The van der Waals surface area contributed by atoms with Gasteiger partial charge in [-0.2, -0.15) is 10.4 Å². The van der Waals surface area contributed by atoms with Gasteiger partial charge in [0.25, 0.3) is 5.91 Å². The van der Waals surface area contributed by atoms with Gasteiger partial charge < -0.3 is 19.9 Å². The predicted octanol–water partition coefficient (Wildman–Crippen LogP) is 5.08. The van der Waals surface area contributed by atoms with E-state index in [-0.39, 0.29) is 42.5 Å². The lowest BCUT2D eigenvalue weighted by Crippen LogP contribution is -2.49. The Bertz CT molecular complexity index is 2070. The number of nitrogens with zero attached hydrogens (tertiary/aromatic N) is 8. The van der Waals surface area contributed by atoms with Crippen LogP contribution in [0.1, 0.15) is 73.5 Å². The average Bonchev–Trinajstić information content (AvgIpc) is 3.84. The molecule has 0 bridgehead atoms. The summed E-state index contributed by atoms with van der Waals surface area (Å²) in [6, 6.07) is 16.7. The van der Waals surface area contributed by atoms with E-state index in [1.165, 1.54) is 0 Å². The summed E-state index contributed by atoms with van der Waals surface area (Å²) in [6.45, 7) is 5.18. The largest absolute Gasteiger partial charge is 0.490 e. The number of likely N-dealkylation sites (tertiary alicyclic amines) is 1.